The first kappa shape index (κ1) is 59.2. The standard InChI is InChI=1S/C47H63N9O17/c1-22(2)13-30(41(66)51-31(14-23(3)4)42(67)56-36(21-57)47(72)73)52-45(70)34(18-38(61)62)55-46(71)35(19-39(63)64)54-43(68)32(16-25-20-49-29-8-6-5-7-27(25)29)53-44(69)33(17-37(59)60)50-40(65)28(48)15-24-9-11-26(58)12-10-24/h5-12,20,22-23,28,30-36,49,57-58H,13-19,21,48H2,1-4H3,(H,50,65)(H,51,66)(H,52,70)(H,53,69)(H,54,68)(H,55,71)(H,56,67)(H,59,60)(H,61,62)(H,63,64)(H,72,73)/t28-,30-,31-,32-,33-,34-,35-,36-/m0/s1. The van der Waals surface area contributed by atoms with Crippen molar-refractivity contribution in [2.24, 2.45) is 17.6 Å². The number of hydrogen-bond acceptors (Lipinski definition) is 14. The largest absolute Gasteiger partial charge is 0.508 e. The van der Waals surface area contributed by atoms with Gasteiger partial charge in [0.05, 0.1) is 31.9 Å². The van der Waals surface area contributed by atoms with E-state index in [2.05, 4.69) is 42.2 Å². The van der Waals surface area contributed by atoms with Gasteiger partial charge >= 0.3 is 23.9 Å². The highest BCUT2D eigenvalue weighted by atomic mass is 16.4. The van der Waals surface area contributed by atoms with E-state index in [0.717, 1.165) is 0 Å². The second-order valence-corrected chi connectivity index (χ2v) is 18.0. The van der Waals surface area contributed by atoms with Crippen LogP contribution in [-0.4, -0.2) is 156 Å². The number of aliphatic carboxylic acids is 4. The van der Waals surface area contributed by atoms with Crippen LogP contribution in [0, 0.1) is 11.8 Å². The second kappa shape index (κ2) is 28.0. The van der Waals surface area contributed by atoms with Crippen molar-refractivity contribution in [1.29, 1.82) is 0 Å². The van der Waals surface area contributed by atoms with Gasteiger partial charge in [0.2, 0.25) is 41.4 Å². The van der Waals surface area contributed by atoms with Crippen LogP contribution in [0.5, 0.6) is 5.75 Å². The van der Waals surface area contributed by atoms with E-state index < -0.39 is 139 Å². The molecular weight excluding hydrogens is 963 g/mol. The number of aromatic amines is 1. The molecule has 0 saturated carbocycles. The molecular formula is C47H63N9O17. The lowest BCUT2D eigenvalue weighted by molar-refractivity contribution is -0.144. The third kappa shape index (κ3) is 19.5. The van der Waals surface area contributed by atoms with Crippen molar-refractivity contribution in [3.05, 3.63) is 65.9 Å². The number of nitrogens with one attached hydrogen (secondary N) is 8. The normalized spacial score (nSPS) is 14.5. The second-order valence-electron chi connectivity index (χ2n) is 18.0. The van der Waals surface area contributed by atoms with Gasteiger partial charge in [-0.25, -0.2) is 4.79 Å². The van der Waals surface area contributed by atoms with Crippen LogP contribution in [0.25, 0.3) is 10.9 Å². The van der Waals surface area contributed by atoms with Gasteiger partial charge in [0.25, 0.3) is 0 Å². The van der Waals surface area contributed by atoms with Crippen molar-refractivity contribution in [2.45, 2.75) is 121 Å². The Hall–Kier alpha value is -8.13. The smallest absolute Gasteiger partial charge is 0.328 e. The first-order valence-electron chi connectivity index (χ1n) is 23.0. The number of benzene rings is 2. The number of amides is 7. The molecule has 0 unspecified atom stereocenters. The molecule has 26 nitrogen and oxygen atoms in total. The molecule has 398 valence electrons. The van der Waals surface area contributed by atoms with Crippen LogP contribution in [-0.2, 0) is 65.6 Å². The van der Waals surface area contributed by atoms with E-state index in [4.69, 9.17) is 5.73 Å². The van der Waals surface area contributed by atoms with Gasteiger partial charge in [-0.3, -0.25) is 47.9 Å². The maximum absolute atomic E-state index is 14.2. The summed E-state index contributed by atoms with van der Waals surface area (Å²) in [5.74, 6) is -15.1. The summed E-state index contributed by atoms with van der Waals surface area (Å²) in [6.07, 6.45) is -2.49. The summed E-state index contributed by atoms with van der Waals surface area (Å²) in [6, 6.07) is -1.25. The van der Waals surface area contributed by atoms with Crippen LogP contribution < -0.4 is 43.0 Å². The predicted octanol–water partition coefficient (Wildman–Crippen LogP) is -2.03. The Morgan fingerprint density at radius 1 is 0.507 bits per heavy atom. The van der Waals surface area contributed by atoms with Crippen molar-refractivity contribution in [3.63, 3.8) is 0 Å². The molecule has 7 amide bonds. The number of aliphatic hydroxyl groups is 1. The third-order valence-corrected chi connectivity index (χ3v) is 11.0. The van der Waals surface area contributed by atoms with E-state index in [1.54, 1.807) is 52.0 Å². The van der Waals surface area contributed by atoms with Gasteiger partial charge in [0, 0.05) is 23.5 Å². The van der Waals surface area contributed by atoms with E-state index >= 15 is 0 Å². The van der Waals surface area contributed by atoms with Gasteiger partial charge in [-0.1, -0.05) is 58.0 Å². The molecule has 0 aliphatic carbocycles. The van der Waals surface area contributed by atoms with Crippen LogP contribution in [0.2, 0.25) is 0 Å². The number of rotatable bonds is 30. The molecule has 3 rings (SSSR count). The van der Waals surface area contributed by atoms with E-state index in [-0.39, 0.29) is 43.3 Å². The number of phenols is 1. The van der Waals surface area contributed by atoms with Gasteiger partial charge in [0.15, 0.2) is 0 Å². The van der Waals surface area contributed by atoms with Gasteiger partial charge in [-0.05, 0) is 60.4 Å². The fraction of sp³-hybridized carbons (Fsp3) is 0.468. The zero-order chi connectivity index (χ0) is 54.7. The van der Waals surface area contributed by atoms with Crippen molar-refractivity contribution < 1.29 is 83.4 Å². The maximum Gasteiger partial charge on any atom is 0.328 e. The van der Waals surface area contributed by atoms with Crippen molar-refractivity contribution in [3.8, 4) is 5.75 Å². The Morgan fingerprint density at radius 2 is 0.890 bits per heavy atom. The fourth-order valence-corrected chi connectivity index (χ4v) is 7.36. The number of para-hydroxylation sites is 1. The number of H-pyrrole nitrogens is 1. The van der Waals surface area contributed by atoms with Gasteiger partial charge in [-0.15, -0.1) is 0 Å². The third-order valence-electron chi connectivity index (χ3n) is 11.0. The van der Waals surface area contributed by atoms with Gasteiger partial charge < -0.3 is 78.6 Å². The first-order valence-corrected chi connectivity index (χ1v) is 23.0. The number of carboxylic acids is 4. The van der Waals surface area contributed by atoms with Crippen molar-refractivity contribution in [2.75, 3.05) is 6.61 Å². The number of aliphatic hydroxyl groups excluding tert-OH is 1. The number of carbonyl (C=O) groups is 11. The Bertz CT molecular complexity index is 2480. The number of fused-ring (bicyclic) bond motifs is 1. The lowest BCUT2D eigenvalue weighted by atomic mass is 9.99. The minimum Gasteiger partial charge on any atom is -0.508 e. The predicted molar refractivity (Wildman–Crippen MR) is 256 cm³/mol. The summed E-state index contributed by atoms with van der Waals surface area (Å²) >= 11 is 0. The molecule has 0 radical (unpaired) electrons. The lowest BCUT2D eigenvalue weighted by Crippen LogP contribution is -2.61. The Kier molecular flexibility index (Phi) is 22.7. The average Bonchev–Trinajstić information content (AvgIpc) is 3.71. The Labute approximate surface area is 417 Å². The van der Waals surface area contributed by atoms with Crippen LogP contribution in [0.1, 0.15) is 70.9 Å². The summed E-state index contributed by atoms with van der Waals surface area (Å²) in [6.45, 7) is 5.74. The fourth-order valence-electron chi connectivity index (χ4n) is 7.36. The minimum absolute atomic E-state index is 0.0322. The lowest BCUT2D eigenvalue weighted by Gasteiger charge is -2.28. The Balaban J connectivity index is 1.93. The SMILES string of the molecule is CC(C)C[C@H](NC(=O)[C@H](CC(C)C)NC(=O)[C@H](CC(=O)O)NC(=O)[C@H](CC(=O)O)NC(=O)[C@H](Cc1c[nH]c2ccccc12)NC(=O)[C@H](CC(=O)O)NC(=O)[C@@H](N)Cc1ccc(O)cc1)C(=O)N[C@@H](CO)C(=O)O. The molecule has 1 heterocycles. The molecule has 0 aliphatic rings. The highest BCUT2D eigenvalue weighted by molar-refractivity contribution is 6.00. The number of carboxylic acid groups (broad SMARTS) is 4. The molecule has 3 aromatic rings. The molecule has 26 heteroatoms. The number of hydrogen-bond donors (Lipinski definition) is 15. The number of aromatic hydroxyl groups is 1. The van der Waals surface area contributed by atoms with E-state index in [0.29, 0.717) is 22.0 Å². The molecule has 0 aliphatic heterocycles. The average molecular weight is 1030 g/mol. The maximum atomic E-state index is 14.2. The quantitative estimate of drug-likeness (QED) is 0.0342. The molecule has 0 saturated heterocycles. The van der Waals surface area contributed by atoms with E-state index in [1.807, 2.05) is 0 Å². The Morgan fingerprint density at radius 3 is 1.32 bits per heavy atom. The number of nitrogens with two attached hydrogens (primary N) is 1. The highest BCUT2D eigenvalue weighted by Crippen LogP contribution is 2.20. The molecule has 16 N–H and O–H groups in total. The summed E-state index contributed by atoms with van der Waals surface area (Å²) in [5.41, 5.74) is 7.57. The topological polar surface area (TPSA) is 435 Å². The van der Waals surface area contributed by atoms with E-state index in [9.17, 15) is 83.4 Å². The number of phenolic OH excluding ortho intramolecular Hbond substituents is 1. The number of aromatic nitrogens is 1. The molecule has 2 aromatic carbocycles. The van der Waals surface area contributed by atoms with Crippen molar-refractivity contribution in [1.82, 2.24) is 42.2 Å². The van der Waals surface area contributed by atoms with Gasteiger partial charge in [0.1, 0.15) is 48.0 Å². The summed E-state index contributed by atoms with van der Waals surface area (Å²) < 4.78 is 0. The van der Waals surface area contributed by atoms with Crippen LogP contribution >= 0.6 is 0 Å². The molecule has 8 atom stereocenters. The van der Waals surface area contributed by atoms with Crippen LogP contribution in [0.4, 0.5) is 0 Å². The molecule has 0 fully saturated rings. The summed E-state index contributed by atoms with van der Waals surface area (Å²) in [7, 11) is 0. The zero-order valence-corrected chi connectivity index (χ0v) is 40.4. The molecule has 0 bridgehead atoms. The zero-order valence-electron chi connectivity index (χ0n) is 40.4. The molecule has 73 heavy (non-hydrogen) atoms. The molecule has 0 spiro atoms. The molecule has 1 aromatic heterocycles. The monoisotopic (exact) mass is 1030 g/mol. The number of carbonyl (C=O) groups excluding carboxylic acids is 7. The summed E-state index contributed by atoms with van der Waals surface area (Å²) in [4.78, 5) is 146. The highest BCUT2D eigenvalue weighted by Gasteiger charge is 2.37. The van der Waals surface area contributed by atoms with E-state index in [1.165, 1.54) is 30.5 Å². The van der Waals surface area contributed by atoms with Crippen LogP contribution in [0.15, 0.2) is 54.7 Å². The minimum atomic E-state index is -2.09. The summed E-state index contributed by atoms with van der Waals surface area (Å²) in [5, 5.41) is 74.1. The van der Waals surface area contributed by atoms with Crippen molar-refractivity contribution >= 4 is 76.1 Å². The first-order chi connectivity index (χ1) is 34.3. The van der Waals surface area contributed by atoms with Crippen LogP contribution in [0.3, 0.4) is 0 Å². The van der Waals surface area contributed by atoms with Gasteiger partial charge in [-0.2, -0.15) is 0 Å².